The number of aromatic nitrogens is 5. The molecule has 0 atom stereocenters. The minimum absolute atomic E-state index is 0. The number of fused-ring (bicyclic) bond motifs is 1. The summed E-state index contributed by atoms with van der Waals surface area (Å²) in [5.41, 5.74) is 9.46. The van der Waals surface area contributed by atoms with E-state index >= 15 is 0 Å². The number of rotatable bonds is 2. The summed E-state index contributed by atoms with van der Waals surface area (Å²) < 4.78 is 7.33. The minimum Gasteiger partial charge on any atom is -0.334 e. The van der Waals surface area contributed by atoms with E-state index in [1.165, 1.54) is 0 Å². The Hall–Kier alpha value is -1.99. The molecule has 0 bridgehead atoms. The van der Waals surface area contributed by atoms with E-state index in [2.05, 4.69) is 20.2 Å². The average molecular weight is 349 g/mol. The second-order valence-electron chi connectivity index (χ2n) is 6.51. The highest BCUT2D eigenvalue weighted by atomic mass is 35.5. The van der Waals surface area contributed by atoms with Crippen molar-refractivity contribution in [3.8, 4) is 11.5 Å². The van der Waals surface area contributed by atoms with Crippen molar-refractivity contribution in [1.29, 1.82) is 0 Å². The summed E-state index contributed by atoms with van der Waals surface area (Å²) in [6, 6.07) is 1.96. The van der Waals surface area contributed by atoms with Gasteiger partial charge >= 0.3 is 0 Å². The molecule has 7 nitrogen and oxygen atoms in total. The zero-order valence-corrected chi connectivity index (χ0v) is 14.9. The fraction of sp³-hybridized carbons (Fsp3) is 0.500. The highest BCUT2D eigenvalue weighted by Crippen LogP contribution is 2.36. The molecular formula is C16H21ClN6O. The lowest BCUT2D eigenvalue weighted by molar-refractivity contribution is 0.373. The molecule has 2 N–H and O–H groups in total. The van der Waals surface area contributed by atoms with Gasteiger partial charge in [-0.2, -0.15) is 10.1 Å². The second-order valence-corrected chi connectivity index (χ2v) is 6.51. The van der Waals surface area contributed by atoms with E-state index in [0.717, 1.165) is 53.7 Å². The molecule has 24 heavy (non-hydrogen) atoms. The third-order valence-electron chi connectivity index (χ3n) is 4.69. The van der Waals surface area contributed by atoms with Crippen molar-refractivity contribution in [2.75, 3.05) is 0 Å². The fourth-order valence-corrected chi connectivity index (χ4v) is 3.50. The van der Waals surface area contributed by atoms with Crippen LogP contribution < -0.4 is 5.73 Å². The van der Waals surface area contributed by atoms with Crippen molar-refractivity contribution in [3.63, 3.8) is 0 Å². The SMILES string of the molecule is Cc1cc(-c2nc(C3(N)CCCC3)no2)c2c(C)nn(C)c2n1.Cl. The number of pyridine rings is 1. The average Bonchev–Trinajstić information content (AvgIpc) is 3.20. The summed E-state index contributed by atoms with van der Waals surface area (Å²) in [4.78, 5) is 9.17. The number of nitrogens with two attached hydrogens (primary N) is 1. The molecule has 3 aromatic heterocycles. The van der Waals surface area contributed by atoms with Crippen molar-refractivity contribution < 1.29 is 4.52 Å². The number of hydrogen-bond acceptors (Lipinski definition) is 6. The molecule has 0 unspecified atom stereocenters. The van der Waals surface area contributed by atoms with Crippen molar-refractivity contribution >= 4 is 23.4 Å². The lowest BCUT2D eigenvalue weighted by atomic mass is 9.98. The molecule has 1 aliphatic rings. The van der Waals surface area contributed by atoms with E-state index in [-0.39, 0.29) is 12.4 Å². The van der Waals surface area contributed by atoms with E-state index in [1.807, 2.05) is 27.0 Å². The van der Waals surface area contributed by atoms with Gasteiger partial charge in [0, 0.05) is 12.7 Å². The van der Waals surface area contributed by atoms with Gasteiger partial charge in [0.05, 0.1) is 22.2 Å². The number of aryl methyl sites for hydroxylation is 3. The molecular weight excluding hydrogens is 328 g/mol. The van der Waals surface area contributed by atoms with Gasteiger partial charge in [-0.1, -0.05) is 18.0 Å². The van der Waals surface area contributed by atoms with Crippen LogP contribution in [0.5, 0.6) is 0 Å². The Morgan fingerprint density at radius 2 is 1.92 bits per heavy atom. The first-order valence-electron chi connectivity index (χ1n) is 7.92. The normalized spacial score (nSPS) is 16.5. The van der Waals surface area contributed by atoms with Gasteiger partial charge in [-0.15, -0.1) is 12.4 Å². The molecule has 4 rings (SSSR count). The van der Waals surface area contributed by atoms with Crippen molar-refractivity contribution in [2.24, 2.45) is 12.8 Å². The van der Waals surface area contributed by atoms with E-state index in [4.69, 9.17) is 10.3 Å². The monoisotopic (exact) mass is 348 g/mol. The van der Waals surface area contributed by atoms with Crippen molar-refractivity contribution in [2.45, 2.75) is 45.1 Å². The first-order valence-corrected chi connectivity index (χ1v) is 7.92. The predicted octanol–water partition coefficient (Wildman–Crippen LogP) is 2.78. The minimum atomic E-state index is -0.451. The Morgan fingerprint density at radius 1 is 1.21 bits per heavy atom. The van der Waals surface area contributed by atoms with E-state index in [0.29, 0.717) is 11.7 Å². The van der Waals surface area contributed by atoms with Gasteiger partial charge in [-0.3, -0.25) is 4.68 Å². The largest absolute Gasteiger partial charge is 0.334 e. The maximum absolute atomic E-state index is 6.43. The van der Waals surface area contributed by atoms with Crippen LogP contribution in [0.4, 0.5) is 0 Å². The number of hydrogen-bond donors (Lipinski definition) is 1. The Kier molecular flexibility index (Phi) is 4.09. The van der Waals surface area contributed by atoms with Crippen LogP contribution in [0.2, 0.25) is 0 Å². The third kappa shape index (κ3) is 2.48. The maximum atomic E-state index is 6.43. The maximum Gasteiger partial charge on any atom is 0.258 e. The van der Waals surface area contributed by atoms with Crippen molar-refractivity contribution in [1.82, 2.24) is 24.9 Å². The van der Waals surface area contributed by atoms with Crippen LogP contribution in [0.25, 0.3) is 22.5 Å². The van der Waals surface area contributed by atoms with Crippen LogP contribution >= 0.6 is 12.4 Å². The Morgan fingerprint density at radius 3 is 2.62 bits per heavy atom. The third-order valence-corrected chi connectivity index (χ3v) is 4.69. The molecule has 0 aliphatic heterocycles. The van der Waals surface area contributed by atoms with E-state index in [1.54, 1.807) is 4.68 Å². The molecule has 1 saturated carbocycles. The lowest BCUT2D eigenvalue weighted by Crippen LogP contribution is -2.34. The molecule has 3 aromatic rings. The molecule has 0 spiro atoms. The van der Waals surface area contributed by atoms with Crippen molar-refractivity contribution in [3.05, 3.63) is 23.3 Å². The van der Waals surface area contributed by atoms with E-state index < -0.39 is 5.54 Å². The first kappa shape index (κ1) is 16.9. The Balaban J connectivity index is 0.00000169. The van der Waals surface area contributed by atoms with Crippen LogP contribution in [0, 0.1) is 13.8 Å². The molecule has 0 amide bonds. The smallest absolute Gasteiger partial charge is 0.258 e. The van der Waals surface area contributed by atoms with Gasteiger partial charge in [0.15, 0.2) is 11.5 Å². The van der Waals surface area contributed by atoms with Crippen LogP contribution in [0.1, 0.15) is 42.9 Å². The summed E-state index contributed by atoms with van der Waals surface area (Å²) in [5, 5.41) is 9.57. The number of halogens is 1. The molecule has 1 aliphatic carbocycles. The van der Waals surface area contributed by atoms with Crippen LogP contribution in [0.15, 0.2) is 10.6 Å². The van der Waals surface area contributed by atoms with Gasteiger partial charge in [-0.25, -0.2) is 4.98 Å². The van der Waals surface area contributed by atoms with Gasteiger partial charge in [0.2, 0.25) is 0 Å². The first-order chi connectivity index (χ1) is 11.0. The van der Waals surface area contributed by atoms with Crippen LogP contribution in [-0.2, 0) is 12.6 Å². The Labute approximate surface area is 146 Å². The highest BCUT2D eigenvalue weighted by Gasteiger charge is 2.36. The van der Waals surface area contributed by atoms with Gasteiger partial charge in [0.25, 0.3) is 5.89 Å². The summed E-state index contributed by atoms with van der Waals surface area (Å²) in [6.45, 7) is 3.91. The van der Waals surface area contributed by atoms with Gasteiger partial charge in [0.1, 0.15) is 0 Å². The quantitative estimate of drug-likeness (QED) is 0.765. The number of nitrogens with zero attached hydrogens (tertiary/aromatic N) is 5. The molecule has 1 fully saturated rings. The molecule has 3 heterocycles. The zero-order chi connectivity index (χ0) is 16.2. The van der Waals surface area contributed by atoms with Gasteiger partial charge in [-0.05, 0) is 32.8 Å². The second kappa shape index (κ2) is 5.82. The summed E-state index contributed by atoms with van der Waals surface area (Å²) >= 11 is 0. The summed E-state index contributed by atoms with van der Waals surface area (Å²) in [7, 11) is 1.89. The molecule has 0 radical (unpaired) electrons. The van der Waals surface area contributed by atoms with Gasteiger partial charge < -0.3 is 10.3 Å². The van der Waals surface area contributed by atoms with Crippen LogP contribution in [-0.4, -0.2) is 24.9 Å². The molecule has 0 aromatic carbocycles. The summed E-state index contributed by atoms with van der Waals surface area (Å²) in [5.74, 6) is 1.09. The highest BCUT2D eigenvalue weighted by molar-refractivity contribution is 5.92. The predicted molar refractivity (Wildman–Crippen MR) is 92.9 cm³/mol. The molecule has 128 valence electrons. The Bertz CT molecular complexity index is 893. The van der Waals surface area contributed by atoms with E-state index in [9.17, 15) is 0 Å². The standard InChI is InChI=1S/C16H20N6O.ClH/c1-9-8-11(12-10(2)20-22(3)13(12)18-9)14-19-15(21-23-14)16(17)6-4-5-7-16;/h8H,4-7,17H2,1-3H3;1H. The fourth-order valence-electron chi connectivity index (χ4n) is 3.50. The zero-order valence-electron chi connectivity index (χ0n) is 14.0. The topological polar surface area (TPSA) is 95.6 Å². The summed E-state index contributed by atoms with van der Waals surface area (Å²) in [6.07, 6.45) is 4.03. The molecule has 0 saturated heterocycles. The van der Waals surface area contributed by atoms with Crippen LogP contribution in [0.3, 0.4) is 0 Å². The molecule has 8 heteroatoms. The lowest BCUT2D eigenvalue weighted by Gasteiger charge is -2.17.